The van der Waals surface area contributed by atoms with Gasteiger partial charge in [-0.15, -0.1) is 0 Å². The van der Waals surface area contributed by atoms with Crippen LogP contribution < -0.4 is 0 Å². The predicted molar refractivity (Wildman–Crippen MR) is 84.1 cm³/mol. The maximum Gasteiger partial charge on any atom is 0.376 e. The summed E-state index contributed by atoms with van der Waals surface area (Å²) in [5.74, 6) is 0.770. The Morgan fingerprint density at radius 2 is 2.33 bits per heavy atom. The van der Waals surface area contributed by atoms with Crippen LogP contribution in [0.3, 0.4) is 0 Å². The normalized spacial score (nSPS) is 22.7. The van der Waals surface area contributed by atoms with Crippen molar-refractivity contribution >= 4 is 7.05 Å². The van der Waals surface area contributed by atoms with Gasteiger partial charge >= 0.3 is 7.05 Å². The van der Waals surface area contributed by atoms with Gasteiger partial charge in [0.05, 0.1) is 6.10 Å². The van der Waals surface area contributed by atoms with Crippen molar-refractivity contribution in [3.05, 3.63) is 29.6 Å². The lowest BCUT2D eigenvalue weighted by molar-refractivity contribution is -0.0289. The number of aromatic nitrogens is 1. The maximum absolute atomic E-state index is 9.38. The highest BCUT2D eigenvalue weighted by Crippen LogP contribution is 2.27. The zero-order valence-corrected chi connectivity index (χ0v) is 12.9. The zero-order valence-electron chi connectivity index (χ0n) is 12.9. The fraction of sp³-hybridized carbons (Fsp3) is 0.688. The average Bonchev–Trinajstić information content (AvgIpc) is 2.44. The number of hydrogen-bond acceptors (Lipinski definition) is 4. The molecule has 2 heterocycles. The minimum absolute atomic E-state index is 0.327. The van der Waals surface area contributed by atoms with Gasteiger partial charge in [-0.05, 0) is 56.5 Å². The molecule has 2 aliphatic rings. The number of nitrogens with zero attached hydrogens (tertiary/aromatic N) is 2. The summed E-state index contributed by atoms with van der Waals surface area (Å²) in [5.41, 5.74) is 2.75. The van der Waals surface area contributed by atoms with Crippen LogP contribution in [-0.2, 0) is 17.6 Å². The Kier molecular flexibility index (Phi) is 4.93. The fourth-order valence-electron chi connectivity index (χ4n) is 3.37. The highest BCUT2D eigenvalue weighted by atomic mass is 16.5. The van der Waals surface area contributed by atoms with Gasteiger partial charge in [0.2, 0.25) is 0 Å². The second-order valence-electron chi connectivity index (χ2n) is 6.44. The van der Waals surface area contributed by atoms with Gasteiger partial charge in [0, 0.05) is 31.6 Å². The molecule has 1 aromatic rings. The van der Waals surface area contributed by atoms with Crippen molar-refractivity contribution in [3.63, 3.8) is 0 Å². The quantitative estimate of drug-likeness (QED) is 0.640. The summed E-state index contributed by atoms with van der Waals surface area (Å²) in [6.45, 7) is 4.41. The van der Waals surface area contributed by atoms with E-state index in [1.165, 1.54) is 30.5 Å². The Balaban J connectivity index is 1.31. The van der Waals surface area contributed by atoms with Crippen molar-refractivity contribution in [1.29, 1.82) is 0 Å². The van der Waals surface area contributed by atoms with Crippen molar-refractivity contribution in [2.75, 3.05) is 19.7 Å². The Morgan fingerprint density at radius 3 is 3.14 bits per heavy atom. The molecule has 0 amide bonds. The van der Waals surface area contributed by atoms with E-state index in [-0.39, 0.29) is 7.05 Å². The molecule has 0 aromatic carbocycles. The standard InChI is InChI=1S/C16H25BN2O2/c1-17(20)19-11-15(12-19)21-9-3-4-13-6-7-14-5-2-8-18-16(14)10-13/h2,5,8,13,15,20H,3-4,6-7,9-12H2,1H3. The molecule has 114 valence electrons. The third-order valence-corrected chi connectivity index (χ3v) is 4.80. The largest absolute Gasteiger partial charge is 0.437 e. The van der Waals surface area contributed by atoms with Crippen LogP contribution in [-0.4, -0.2) is 47.7 Å². The molecule has 1 atom stereocenters. The summed E-state index contributed by atoms with van der Waals surface area (Å²) in [5, 5.41) is 9.38. The number of pyridine rings is 1. The summed E-state index contributed by atoms with van der Waals surface area (Å²) in [4.78, 5) is 6.53. The molecule has 1 aliphatic heterocycles. The Bertz CT molecular complexity index is 463. The average molecular weight is 288 g/mol. The van der Waals surface area contributed by atoms with Crippen LogP contribution in [0.5, 0.6) is 0 Å². The number of ether oxygens (including phenoxy) is 1. The fourth-order valence-corrected chi connectivity index (χ4v) is 3.37. The van der Waals surface area contributed by atoms with E-state index in [4.69, 9.17) is 4.74 Å². The SMILES string of the molecule is CB(O)N1CC(OCCCC2CCc3cccnc3C2)C1. The lowest BCUT2D eigenvalue weighted by atomic mass is 9.81. The first-order chi connectivity index (χ1) is 10.2. The van der Waals surface area contributed by atoms with Crippen LogP contribution >= 0.6 is 0 Å². The maximum atomic E-state index is 9.38. The molecule has 0 radical (unpaired) electrons. The molecule has 0 bridgehead atoms. The molecule has 21 heavy (non-hydrogen) atoms. The van der Waals surface area contributed by atoms with Crippen molar-refractivity contribution in [3.8, 4) is 0 Å². The molecule has 1 fully saturated rings. The molecule has 1 aliphatic carbocycles. The van der Waals surface area contributed by atoms with Gasteiger partial charge in [-0.2, -0.15) is 0 Å². The third kappa shape index (κ3) is 3.85. The number of fused-ring (bicyclic) bond motifs is 1. The molecule has 1 unspecified atom stereocenters. The number of hydrogen-bond donors (Lipinski definition) is 1. The van der Waals surface area contributed by atoms with Gasteiger partial charge in [-0.3, -0.25) is 4.98 Å². The Morgan fingerprint density at radius 1 is 1.48 bits per heavy atom. The summed E-state index contributed by atoms with van der Waals surface area (Å²) >= 11 is 0. The van der Waals surface area contributed by atoms with Gasteiger partial charge in [-0.25, -0.2) is 0 Å². The summed E-state index contributed by atoms with van der Waals surface area (Å²) in [6, 6.07) is 4.26. The topological polar surface area (TPSA) is 45.6 Å². The van der Waals surface area contributed by atoms with Gasteiger partial charge in [0.15, 0.2) is 0 Å². The molecule has 4 nitrogen and oxygen atoms in total. The van der Waals surface area contributed by atoms with Crippen LogP contribution in [0.25, 0.3) is 0 Å². The van der Waals surface area contributed by atoms with Crippen LogP contribution in [0.1, 0.15) is 30.5 Å². The van der Waals surface area contributed by atoms with Gasteiger partial charge in [0.1, 0.15) is 0 Å². The molecular formula is C16H25BN2O2. The van der Waals surface area contributed by atoms with Gasteiger partial charge in [0.25, 0.3) is 0 Å². The van der Waals surface area contributed by atoms with Crippen LogP contribution in [0, 0.1) is 5.92 Å². The first kappa shape index (κ1) is 15.0. The van der Waals surface area contributed by atoms with E-state index in [9.17, 15) is 5.02 Å². The second-order valence-corrected chi connectivity index (χ2v) is 6.44. The highest BCUT2D eigenvalue weighted by Gasteiger charge is 2.32. The van der Waals surface area contributed by atoms with Gasteiger partial charge in [-0.1, -0.05) is 6.07 Å². The molecule has 0 spiro atoms. The minimum atomic E-state index is -0.334. The van der Waals surface area contributed by atoms with Crippen molar-refractivity contribution in [2.24, 2.45) is 5.92 Å². The van der Waals surface area contributed by atoms with Crippen LogP contribution in [0.4, 0.5) is 0 Å². The molecule has 0 saturated carbocycles. The molecule has 1 saturated heterocycles. The summed E-state index contributed by atoms with van der Waals surface area (Å²) < 4.78 is 5.85. The van der Waals surface area contributed by atoms with E-state index >= 15 is 0 Å². The summed E-state index contributed by atoms with van der Waals surface area (Å²) in [6.07, 6.45) is 8.22. The van der Waals surface area contributed by atoms with E-state index in [1.807, 2.05) is 23.9 Å². The molecule has 3 rings (SSSR count). The molecular weight excluding hydrogens is 263 g/mol. The molecule has 1 aromatic heterocycles. The van der Waals surface area contributed by atoms with E-state index in [0.717, 1.165) is 38.5 Å². The molecule has 1 N–H and O–H groups in total. The number of aryl methyl sites for hydroxylation is 1. The smallest absolute Gasteiger partial charge is 0.376 e. The number of rotatable bonds is 6. The Labute approximate surface area is 127 Å². The van der Waals surface area contributed by atoms with Crippen molar-refractivity contribution < 1.29 is 9.76 Å². The lowest BCUT2D eigenvalue weighted by Gasteiger charge is -2.39. The van der Waals surface area contributed by atoms with E-state index in [2.05, 4.69) is 11.1 Å². The Hall–Kier alpha value is -0.905. The van der Waals surface area contributed by atoms with E-state index in [1.54, 1.807) is 0 Å². The predicted octanol–water partition coefficient (Wildman–Crippen LogP) is 1.78. The van der Waals surface area contributed by atoms with Crippen LogP contribution in [0.2, 0.25) is 6.82 Å². The van der Waals surface area contributed by atoms with E-state index in [0.29, 0.717) is 6.10 Å². The summed E-state index contributed by atoms with van der Waals surface area (Å²) in [7, 11) is -0.334. The molecule has 5 heteroatoms. The van der Waals surface area contributed by atoms with Crippen molar-refractivity contribution in [1.82, 2.24) is 9.79 Å². The zero-order chi connectivity index (χ0) is 14.7. The first-order valence-corrected chi connectivity index (χ1v) is 8.19. The monoisotopic (exact) mass is 288 g/mol. The highest BCUT2D eigenvalue weighted by molar-refractivity contribution is 6.45. The first-order valence-electron chi connectivity index (χ1n) is 8.19. The van der Waals surface area contributed by atoms with E-state index < -0.39 is 0 Å². The van der Waals surface area contributed by atoms with Crippen molar-refractivity contribution in [2.45, 2.75) is 45.0 Å². The third-order valence-electron chi connectivity index (χ3n) is 4.80. The lowest BCUT2D eigenvalue weighted by Crippen LogP contribution is -2.57. The van der Waals surface area contributed by atoms with Gasteiger partial charge < -0.3 is 14.6 Å². The minimum Gasteiger partial charge on any atom is -0.437 e. The van der Waals surface area contributed by atoms with Crippen LogP contribution in [0.15, 0.2) is 18.3 Å². The second kappa shape index (κ2) is 6.90.